The minimum absolute atomic E-state index is 0.148. The van der Waals surface area contributed by atoms with Crippen LogP contribution in [-0.4, -0.2) is 31.2 Å². The Morgan fingerprint density at radius 2 is 2.17 bits per heavy atom. The number of fused-ring (bicyclic) bond motifs is 1. The fraction of sp³-hybridized carbons (Fsp3) is 0.333. The van der Waals surface area contributed by atoms with E-state index in [9.17, 15) is 4.79 Å². The third-order valence-corrected chi connectivity index (χ3v) is 3.92. The second-order valence-corrected chi connectivity index (χ2v) is 5.70. The van der Waals surface area contributed by atoms with Crippen LogP contribution in [0.1, 0.15) is 21.7 Å². The van der Waals surface area contributed by atoms with E-state index >= 15 is 0 Å². The van der Waals surface area contributed by atoms with Gasteiger partial charge in [-0.2, -0.15) is 0 Å². The van der Waals surface area contributed by atoms with Crippen LogP contribution in [0.4, 0.5) is 0 Å². The fourth-order valence-corrected chi connectivity index (χ4v) is 2.75. The summed E-state index contributed by atoms with van der Waals surface area (Å²) in [5, 5.41) is 2.94. The number of methoxy groups -OCH3 is 1. The van der Waals surface area contributed by atoms with Crippen molar-refractivity contribution in [1.29, 1.82) is 0 Å². The molecule has 0 aliphatic carbocycles. The van der Waals surface area contributed by atoms with Gasteiger partial charge in [-0.25, -0.2) is 4.98 Å². The van der Waals surface area contributed by atoms with Gasteiger partial charge < -0.3 is 14.8 Å². The lowest BCUT2D eigenvalue weighted by Crippen LogP contribution is -2.35. The molecule has 1 aliphatic heterocycles. The molecule has 0 unspecified atom stereocenters. The van der Waals surface area contributed by atoms with Crippen molar-refractivity contribution in [3.63, 3.8) is 0 Å². The molecule has 120 valence electrons. The highest BCUT2D eigenvalue weighted by Gasteiger charge is 2.23. The predicted molar refractivity (Wildman–Crippen MR) is 87.0 cm³/mol. The van der Waals surface area contributed by atoms with Gasteiger partial charge in [0.15, 0.2) is 11.5 Å². The maximum absolute atomic E-state index is 12.2. The largest absolute Gasteiger partial charge is 0.493 e. The Labute approximate surface area is 135 Å². The van der Waals surface area contributed by atoms with E-state index in [4.69, 9.17) is 9.47 Å². The molecule has 5 nitrogen and oxygen atoms in total. The summed E-state index contributed by atoms with van der Waals surface area (Å²) in [7, 11) is 1.64. The van der Waals surface area contributed by atoms with Crippen molar-refractivity contribution in [3.8, 4) is 11.5 Å². The lowest BCUT2D eigenvalue weighted by molar-refractivity contribution is 0.0933. The number of aryl methyl sites for hydroxylation is 1. The van der Waals surface area contributed by atoms with Crippen LogP contribution in [0.3, 0.4) is 0 Å². The van der Waals surface area contributed by atoms with Crippen molar-refractivity contribution < 1.29 is 14.3 Å². The Morgan fingerprint density at radius 3 is 2.96 bits per heavy atom. The molecule has 1 N–H and O–H groups in total. The van der Waals surface area contributed by atoms with E-state index in [2.05, 4.69) is 10.3 Å². The number of para-hydroxylation sites is 1. The smallest absolute Gasteiger partial charge is 0.269 e. The third kappa shape index (κ3) is 3.44. The number of pyridine rings is 1. The van der Waals surface area contributed by atoms with Crippen molar-refractivity contribution in [2.24, 2.45) is 5.92 Å². The zero-order valence-electron chi connectivity index (χ0n) is 13.3. The van der Waals surface area contributed by atoms with Gasteiger partial charge >= 0.3 is 0 Å². The first-order chi connectivity index (χ1) is 11.2. The number of nitrogens with one attached hydrogen (secondary N) is 1. The number of carbonyl (C=O) groups excluding carboxylic acids is 1. The Kier molecular flexibility index (Phi) is 4.46. The van der Waals surface area contributed by atoms with Crippen LogP contribution in [0.5, 0.6) is 11.5 Å². The highest BCUT2D eigenvalue weighted by atomic mass is 16.5. The maximum atomic E-state index is 12.2. The third-order valence-electron chi connectivity index (χ3n) is 3.92. The molecule has 3 rings (SSSR count). The number of amides is 1. The Morgan fingerprint density at radius 1 is 1.35 bits per heavy atom. The Balaban J connectivity index is 1.61. The van der Waals surface area contributed by atoms with Crippen LogP contribution in [-0.2, 0) is 6.42 Å². The Hall–Kier alpha value is -2.56. The highest BCUT2D eigenvalue weighted by Crippen LogP contribution is 2.35. The molecule has 1 aromatic carbocycles. The molecule has 1 amide bonds. The molecular weight excluding hydrogens is 292 g/mol. The van der Waals surface area contributed by atoms with E-state index in [1.165, 1.54) is 0 Å². The average molecular weight is 312 g/mol. The molecule has 0 radical (unpaired) electrons. The number of carbonyl (C=O) groups is 1. The maximum Gasteiger partial charge on any atom is 0.269 e. The normalized spacial score (nSPS) is 16.2. The summed E-state index contributed by atoms with van der Waals surface area (Å²) in [6.45, 7) is 3.00. The van der Waals surface area contributed by atoms with Crippen LogP contribution < -0.4 is 14.8 Å². The quantitative estimate of drug-likeness (QED) is 0.941. The summed E-state index contributed by atoms with van der Waals surface area (Å²) >= 11 is 0. The minimum atomic E-state index is -0.148. The topological polar surface area (TPSA) is 60.5 Å². The van der Waals surface area contributed by atoms with Crippen LogP contribution in [0.25, 0.3) is 0 Å². The summed E-state index contributed by atoms with van der Waals surface area (Å²) in [5.41, 5.74) is 2.40. The minimum Gasteiger partial charge on any atom is -0.493 e. The van der Waals surface area contributed by atoms with Crippen molar-refractivity contribution in [2.45, 2.75) is 13.3 Å². The standard InChI is InChI=1S/C18H20N2O3/c1-12-5-3-7-15(20-12)18(21)19-10-13-9-14-6-4-8-16(22-2)17(14)23-11-13/h3-8,13H,9-11H2,1-2H3,(H,19,21)/t13-/m1/s1. The van der Waals surface area contributed by atoms with E-state index < -0.39 is 0 Å². The van der Waals surface area contributed by atoms with Crippen LogP contribution in [0.15, 0.2) is 36.4 Å². The Bertz CT molecular complexity index is 715. The molecule has 23 heavy (non-hydrogen) atoms. The number of benzene rings is 1. The second-order valence-electron chi connectivity index (χ2n) is 5.70. The van der Waals surface area contributed by atoms with Gasteiger partial charge in [-0.15, -0.1) is 0 Å². The molecule has 2 aromatic rings. The van der Waals surface area contributed by atoms with Crippen molar-refractivity contribution in [1.82, 2.24) is 10.3 Å². The molecule has 1 atom stereocenters. The molecule has 2 heterocycles. The second kappa shape index (κ2) is 6.69. The van der Waals surface area contributed by atoms with Crippen molar-refractivity contribution in [2.75, 3.05) is 20.3 Å². The summed E-state index contributed by atoms with van der Waals surface area (Å²) in [4.78, 5) is 16.4. The van der Waals surface area contributed by atoms with Gasteiger partial charge in [0.05, 0.1) is 13.7 Å². The SMILES string of the molecule is COc1cccc2c1OC[C@@H](CNC(=O)c1cccc(C)n1)C2. The first kappa shape index (κ1) is 15.3. The lowest BCUT2D eigenvalue weighted by atomic mass is 9.96. The van der Waals surface area contributed by atoms with Crippen LogP contribution >= 0.6 is 0 Å². The van der Waals surface area contributed by atoms with Gasteiger partial charge in [0.1, 0.15) is 5.69 Å². The van der Waals surface area contributed by atoms with E-state index in [0.717, 1.165) is 29.2 Å². The number of nitrogens with zero attached hydrogens (tertiary/aromatic N) is 1. The number of hydrogen-bond donors (Lipinski definition) is 1. The van der Waals surface area contributed by atoms with E-state index in [-0.39, 0.29) is 11.8 Å². The van der Waals surface area contributed by atoms with Crippen molar-refractivity contribution >= 4 is 5.91 Å². The lowest BCUT2D eigenvalue weighted by Gasteiger charge is -2.26. The first-order valence-electron chi connectivity index (χ1n) is 7.68. The zero-order chi connectivity index (χ0) is 16.2. The molecule has 5 heteroatoms. The first-order valence-corrected chi connectivity index (χ1v) is 7.68. The molecular formula is C18H20N2O3. The summed E-state index contributed by atoms with van der Waals surface area (Å²) in [6.07, 6.45) is 0.855. The van der Waals surface area contributed by atoms with Gasteiger partial charge in [0.2, 0.25) is 0 Å². The van der Waals surface area contributed by atoms with E-state index in [1.807, 2.05) is 37.3 Å². The summed E-state index contributed by atoms with van der Waals surface area (Å²) in [6, 6.07) is 11.3. The molecule has 0 saturated carbocycles. The van der Waals surface area contributed by atoms with E-state index in [1.54, 1.807) is 13.2 Å². The highest BCUT2D eigenvalue weighted by molar-refractivity contribution is 5.92. The average Bonchev–Trinajstić information content (AvgIpc) is 2.58. The molecule has 1 aromatic heterocycles. The summed E-state index contributed by atoms with van der Waals surface area (Å²) < 4.78 is 11.1. The number of ether oxygens (including phenoxy) is 2. The van der Waals surface area contributed by atoms with Crippen LogP contribution in [0.2, 0.25) is 0 Å². The van der Waals surface area contributed by atoms with Gasteiger partial charge in [-0.05, 0) is 37.1 Å². The predicted octanol–water partition coefficient (Wildman–Crippen LogP) is 2.38. The molecule has 1 aliphatic rings. The van der Waals surface area contributed by atoms with Crippen molar-refractivity contribution in [3.05, 3.63) is 53.3 Å². The monoisotopic (exact) mass is 312 g/mol. The number of rotatable bonds is 4. The van der Waals surface area contributed by atoms with E-state index in [0.29, 0.717) is 18.8 Å². The number of aromatic nitrogens is 1. The molecule has 0 fully saturated rings. The molecule has 0 bridgehead atoms. The van der Waals surface area contributed by atoms with Gasteiger partial charge in [-0.1, -0.05) is 18.2 Å². The summed E-state index contributed by atoms with van der Waals surface area (Å²) in [5.74, 6) is 1.67. The number of hydrogen-bond acceptors (Lipinski definition) is 4. The van der Waals surface area contributed by atoms with Crippen LogP contribution in [0, 0.1) is 12.8 Å². The van der Waals surface area contributed by atoms with Gasteiger partial charge in [-0.3, -0.25) is 4.79 Å². The molecule has 0 saturated heterocycles. The zero-order valence-corrected chi connectivity index (χ0v) is 13.3. The van der Waals surface area contributed by atoms with Gasteiger partial charge in [0, 0.05) is 18.2 Å². The fourth-order valence-electron chi connectivity index (χ4n) is 2.75. The molecule has 0 spiro atoms. The van der Waals surface area contributed by atoms with Gasteiger partial charge in [0.25, 0.3) is 5.91 Å².